The third kappa shape index (κ3) is 3.28. The van der Waals surface area contributed by atoms with Gasteiger partial charge in [-0.3, -0.25) is 24.1 Å². The third-order valence-electron chi connectivity index (χ3n) is 4.80. The summed E-state index contributed by atoms with van der Waals surface area (Å²) in [6.45, 7) is 7.76. The Kier molecular flexibility index (Phi) is 5.88. The van der Waals surface area contributed by atoms with Crippen LogP contribution in [0, 0.1) is 0 Å². The first-order chi connectivity index (χ1) is 14.5. The first-order valence-electron chi connectivity index (χ1n) is 9.30. The average Bonchev–Trinajstić information content (AvgIpc) is 3.19. The zero-order valence-corrected chi connectivity index (χ0v) is 16.5. The molecule has 0 radical (unpaired) electrons. The van der Waals surface area contributed by atoms with Crippen molar-refractivity contribution in [3.8, 4) is 0 Å². The Hall–Kier alpha value is -4.06. The maximum absolute atomic E-state index is 12.6. The summed E-state index contributed by atoms with van der Waals surface area (Å²) in [5.41, 5.74) is 1.88. The average molecular weight is 400 g/mol. The Morgan fingerprint density at radius 1 is 0.767 bits per heavy atom. The van der Waals surface area contributed by atoms with Crippen LogP contribution >= 0.6 is 0 Å². The van der Waals surface area contributed by atoms with Gasteiger partial charge in [0.05, 0.1) is 22.3 Å². The molecule has 0 unspecified atom stereocenters. The number of fused-ring (bicyclic) bond motifs is 2. The summed E-state index contributed by atoms with van der Waals surface area (Å²) >= 11 is 0. The molecule has 0 saturated carbocycles. The van der Waals surface area contributed by atoms with Gasteiger partial charge in [0.15, 0.2) is 0 Å². The number of carbonyl (C=O) groups is 4. The number of amides is 4. The Labute approximate surface area is 174 Å². The molecule has 6 nitrogen and oxygen atoms in total. The fraction of sp³-hybridized carbons (Fsp3) is 0.0833. The van der Waals surface area contributed by atoms with Crippen LogP contribution in [0.25, 0.3) is 0 Å². The van der Waals surface area contributed by atoms with Gasteiger partial charge in [0.2, 0.25) is 0 Å². The molecule has 2 aliphatic heterocycles. The molecular formula is C24H20N2O4. The minimum absolute atomic E-state index is 0.0485. The van der Waals surface area contributed by atoms with E-state index in [1.165, 1.54) is 0 Å². The summed E-state index contributed by atoms with van der Waals surface area (Å²) in [5, 5.41) is 0. The van der Waals surface area contributed by atoms with Crippen LogP contribution < -0.4 is 0 Å². The summed E-state index contributed by atoms with van der Waals surface area (Å²) in [5.74, 6) is -1.49. The van der Waals surface area contributed by atoms with E-state index in [0.29, 0.717) is 28.0 Å². The molecule has 4 rings (SSSR count). The van der Waals surface area contributed by atoms with E-state index >= 15 is 0 Å². The van der Waals surface area contributed by atoms with Crippen LogP contribution in [0.2, 0.25) is 0 Å². The van der Waals surface area contributed by atoms with Gasteiger partial charge in [-0.2, -0.15) is 0 Å². The van der Waals surface area contributed by atoms with Gasteiger partial charge in [-0.25, -0.2) is 4.90 Å². The van der Waals surface area contributed by atoms with Gasteiger partial charge in [0.25, 0.3) is 23.6 Å². The maximum Gasteiger partial charge on any atom is 0.266 e. The normalized spacial score (nSPS) is 15.4. The molecule has 30 heavy (non-hydrogen) atoms. The zero-order chi connectivity index (χ0) is 21.8. The first kappa shape index (κ1) is 20.7. The highest BCUT2D eigenvalue weighted by atomic mass is 16.2. The van der Waals surface area contributed by atoms with Gasteiger partial charge in [-0.15, -0.1) is 13.2 Å². The predicted molar refractivity (Wildman–Crippen MR) is 113 cm³/mol. The van der Waals surface area contributed by atoms with Crippen LogP contribution in [0.4, 0.5) is 0 Å². The van der Waals surface area contributed by atoms with E-state index in [2.05, 4.69) is 13.2 Å². The number of hydrogen-bond donors (Lipinski definition) is 0. The van der Waals surface area contributed by atoms with E-state index in [0.717, 1.165) is 9.80 Å². The second-order valence-corrected chi connectivity index (χ2v) is 6.37. The lowest BCUT2D eigenvalue weighted by Gasteiger charge is -2.15. The van der Waals surface area contributed by atoms with Crippen LogP contribution in [-0.2, 0) is 0 Å². The van der Waals surface area contributed by atoms with Crippen molar-refractivity contribution in [2.75, 3.05) is 6.54 Å². The van der Waals surface area contributed by atoms with E-state index < -0.39 is 0 Å². The van der Waals surface area contributed by atoms with Crippen molar-refractivity contribution in [3.05, 3.63) is 108 Å². The lowest BCUT2D eigenvalue weighted by atomic mass is 10.1. The highest BCUT2D eigenvalue weighted by Gasteiger charge is 2.37. The molecule has 0 atom stereocenters. The number of carbonyl (C=O) groups excluding carboxylic acids is 4. The minimum atomic E-state index is -0.390. The molecule has 150 valence electrons. The molecule has 4 amide bonds. The number of imide groups is 2. The lowest BCUT2D eigenvalue weighted by Crippen LogP contribution is -2.30. The molecule has 0 aliphatic carbocycles. The number of nitrogens with zero attached hydrogens (tertiary/aromatic N) is 2. The molecule has 2 heterocycles. The SMILES string of the molecule is C/C=C(\C=C/CN1C(=O)c2ccccc2C1=O)N1C(=O)c2ccccc2C1=O.C=C. The van der Waals surface area contributed by atoms with Crippen molar-refractivity contribution in [2.24, 2.45) is 0 Å². The van der Waals surface area contributed by atoms with Crippen molar-refractivity contribution in [1.82, 2.24) is 9.80 Å². The minimum Gasteiger partial charge on any atom is -0.270 e. The van der Waals surface area contributed by atoms with E-state index in [9.17, 15) is 19.2 Å². The molecule has 2 aromatic carbocycles. The quantitative estimate of drug-likeness (QED) is 0.444. The van der Waals surface area contributed by atoms with Gasteiger partial charge in [-0.1, -0.05) is 36.4 Å². The molecule has 6 heteroatoms. The second kappa shape index (κ2) is 8.53. The highest BCUT2D eigenvalue weighted by molar-refractivity contribution is 6.23. The summed E-state index contributed by atoms with van der Waals surface area (Å²) < 4.78 is 0. The van der Waals surface area contributed by atoms with Crippen molar-refractivity contribution in [3.63, 3.8) is 0 Å². The van der Waals surface area contributed by atoms with Crippen molar-refractivity contribution >= 4 is 23.6 Å². The Morgan fingerprint density at radius 2 is 1.17 bits per heavy atom. The molecule has 0 bridgehead atoms. The molecule has 0 aromatic heterocycles. The van der Waals surface area contributed by atoms with E-state index in [-0.39, 0.29) is 30.2 Å². The standard InChI is InChI=1S/C22H16N2O4.C2H4/c1-2-14(24-21(27)17-11-5-6-12-18(17)22(24)28)8-7-13-23-19(25)15-9-3-4-10-16(15)20(23)26;1-2/h2-12H,13H2,1H3;1-2H2/b8-7-,14-2+;. The van der Waals surface area contributed by atoms with Gasteiger partial charge in [0.1, 0.15) is 0 Å². The first-order valence-corrected chi connectivity index (χ1v) is 9.30. The largest absolute Gasteiger partial charge is 0.270 e. The summed E-state index contributed by atoms with van der Waals surface area (Å²) in [6, 6.07) is 13.3. The Morgan fingerprint density at radius 3 is 1.57 bits per heavy atom. The van der Waals surface area contributed by atoms with E-state index in [1.807, 2.05) is 0 Å². The third-order valence-corrected chi connectivity index (χ3v) is 4.80. The molecule has 0 saturated heterocycles. The summed E-state index contributed by atoms with van der Waals surface area (Å²) in [7, 11) is 0. The fourth-order valence-electron chi connectivity index (χ4n) is 3.41. The second-order valence-electron chi connectivity index (χ2n) is 6.37. The Bertz CT molecular complexity index is 1040. The fourth-order valence-corrected chi connectivity index (χ4v) is 3.41. The molecule has 0 N–H and O–H groups in total. The number of rotatable bonds is 4. The Balaban J connectivity index is 0.00000124. The van der Waals surface area contributed by atoms with Crippen LogP contribution in [-0.4, -0.2) is 40.0 Å². The van der Waals surface area contributed by atoms with Crippen LogP contribution in [0.15, 0.2) is 85.6 Å². The smallest absolute Gasteiger partial charge is 0.266 e. The van der Waals surface area contributed by atoms with Crippen LogP contribution in [0.3, 0.4) is 0 Å². The molecule has 2 aromatic rings. The van der Waals surface area contributed by atoms with Gasteiger partial charge in [-0.05, 0) is 37.3 Å². The molecule has 2 aliphatic rings. The van der Waals surface area contributed by atoms with Gasteiger partial charge >= 0.3 is 0 Å². The monoisotopic (exact) mass is 400 g/mol. The van der Waals surface area contributed by atoms with Gasteiger partial charge in [0, 0.05) is 12.2 Å². The number of hydrogen-bond acceptors (Lipinski definition) is 4. The van der Waals surface area contributed by atoms with Crippen LogP contribution in [0.5, 0.6) is 0 Å². The molecule has 0 spiro atoms. The van der Waals surface area contributed by atoms with Crippen molar-refractivity contribution in [2.45, 2.75) is 6.92 Å². The lowest BCUT2D eigenvalue weighted by molar-refractivity contribution is 0.0663. The summed E-state index contributed by atoms with van der Waals surface area (Å²) in [4.78, 5) is 52.2. The van der Waals surface area contributed by atoms with E-state index in [1.54, 1.807) is 73.7 Å². The van der Waals surface area contributed by atoms with Gasteiger partial charge < -0.3 is 0 Å². The summed E-state index contributed by atoms with van der Waals surface area (Å²) in [6.07, 6.45) is 4.81. The zero-order valence-electron chi connectivity index (χ0n) is 16.5. The number of allylic oxidation sites excluding steroid dienone is 2. The topological polar surface area (TPSA) is 74.8 Å². The van der Waals surface area contributed by atoms with E-state index in [4.69, 9.17) is 0 Å². The maximum atomic E-state index is 12.6. The number of benzene rings is 2. The highest BCUT2D eigenvalue weighted by Crippen LogP contribution is 2.27. The molecular weight excluding hydrogens is 380 g/mol. The van der Waals surface area contributed by atoms with Crippen LogP contribution in [0.1, 0.15) is 48.4 Å². The predicted octanol–water partition coefficient (Wildman–Crippen LogP) is 3.84. The van der Waals surface area contributed by atoms with Crippen molar-refractivity contribution < 1.29 is 19.2 Å². The molecule has 0 fully saturated rings. The van der Waals surface area contributed by atoms with Crippen molar-refractivity contribution in [1.29, 1.82) is 0 Å².